The summed E-state index contributed by atoms with van der Waals surface area (Å²) >= 11 is 0. The maximum atomic E-state index is 5.58. The Bertz CT molecular complexity index is 708. The van der Waals surface area contributed by atoms with Crippen molar-refractivity contribution in [2.45, 2.75) is 45.3 Å². The lowest BCUT2D eigenvalue weighted by molar-refractivity contribution is 0.167. The minimum absolute atomic E-state index is 0. The number of piperidine rings is 1. The molecule has 6 nitrogen and oxygen atoms in total. The number of halogens is 1. The summed E-state index contributed by atoms with van der Waals surface area (Å²) in [4.78, 5) is 11.4. The molecule has 1 aromatic heterocycles. The van der Waals surface area contributed by atoms with Crippen molar-refractivity contribution in [3.63, 3.8) is 0 Å². The van der Waals surface area contributed by atoms with E-state index >= 15 is 0 Å². The van der Waals surface area contributed by atoms with Gasteiger partial charge in [0.1, 0.15) is 6.26 Å². The zero-order valence-electron chi connectivity index (χ0n) is 16.3. The molecular formula is C20H30IN5O. The normalized spacial score (nSPS) is 16.2. The van der Waals surface area contributed by atoms with Crippen LogP contribution in [0.25, 0.3) is 11.5 Å². The van der Waals surface area contributed by atoms with Gasteiger partial charge in [-0.25, -0.2) is 4.98 Å². The summed E-state index contributed by atoms with van der Waals surface area (Å²) in [6, 6.07) is 11.0. The number of aromatic nitrogens is 1. The molecule has 1 aliphatic heterocycles. The molecule has 2 N–H and O–H groups in total. The Morgan fingerprint density at radius 3 is 2.59 bits per heavy atom. The largest absolute Gasteiger partial charge is 0.444 e. The van der Waals surface area contributed by atoms with E-state index < -0.39 is 0 Å². The summed E-state index contributed by atoms with van der Waals surface area (Å²) in [6.45, 7) is 7.37. The van der Waals surface area contributed by atoms with Gasteiger partial charge in [-0.05, 0) is 38.8 Å². The van der Waals surface area contributed by atoms with Crippen molar-refractivity contribution in [2.75, 3.05) is 20.1 Å². The van der Waals surface area contributed by atoms with E-state index in [2.05, 4.69) is 39.4 Å². The molecule has 27 heavy (non-hydrogen) atoms. The van der Waals surface area contributed by atoms with Gasteiger partial charge in [0, 0.05) is 37.8 Å². The van der Waals surface area contributed by atoms with E-state index in [1.165, 1.54) is 0 Å². The molecule has 0 unspecified atom stereocenters. The molecule has 2 aromatic rings. The van der Waals surface area contributed by atoms with Crippen LogP contribution in [0.2, 0.25) is 0 Å². The number of benzene rings is 1. The third-order valence-corrected chi connectivity index (χ3v) is 4.83. The Balaban J connectivity index is 0.00000261. The van der Waals surface area contributed by atoms with Crippen LogP contribution in [0.1, 0.15) is 32.4 Å². The van der Waals surface area contributed by atoms with E-state index in [-0.39, 0.29) is 24.0 Å². The fourth-order valence-electron chi connectivity index (χ4n) is 3.22. The second kappa shape index (κ2) is 10.7. The van der Waals surface area contributed by atoms with Gasteiger partial charge in [-0.2, -0.15) is 0 Å². The molecule has 1 saturated heterocycles. The fourth-order valence-corrected chi connectivity index (χ4v) is 3.22. The summed E-state index contributed by atoms with van der Waals surface area (Å²) in [5.41, 5.74) is 1.85. The van der Waals surface area contributed by atoms with Crippen molar-refractivity contribution in [1.29, 1.82) is 0 Å². The van der Waals surface area contributed by atoms with Crippen LogP contribution in [0.15, 0.2) is 46.0 Å². The number of likely N-dealkylation sites (tertiary alicyclic amines) is 1. The van der Waals surface area contributed by atoms with Gasteiger partial charge >= 0.3 is 0 Å². The average Bonchev–Trinajstić information content (AvgIpc) is 3.15. The molecule has 0 aliphatic carbocycles. The van der Waals surface area contributed by atoms with Crippen LogP contribution in [0, 0.1) is 0 Å². The summed E-state index contributed by atoms with van der Waals surface area (Å²) in [7, 11) is 1.80. The van der Waals surface area contributed by atoms with Crippen LogP contribution in [-0.4, -0.2) is 48.1 Å². The molecule has 1 aromatic carbocycles. The molecule has 0 saturated carbocycles. The van der Waals surface area contributed by atoms with Crippen LogP contribution in [0.4, 0.5) is 0 Å². The molecule has 0 bridgehead atoms. The van der Waals surface area contributed by atoms with E-state index in [1.807, 2.05) is 30.3 Å². The SMILES string of the molecule is CN=C(NCc1coc(-c2ccccc2)n1)NC1CCN(C(C)C)CC1.I. The minimum atomic E-state index is 0. The van der Waals surface area contributed by atoms with Gasteiger partial charge in [-0.3, -0.25) is 4.99 Å². The highest BCUT2D eigenvalue weighted by atomic mass is 127. The van der Waals surface area contributed by atoms with E-state index in [9.17, 15) is 0 Å². The quantitative estimate of drug-likeness (QED) is 0.387. The van der Waals surface area contributed by atoms with Gasteiger partial charge < -0.3 is 20.0 Å². The highest BCUT2D eigenvalue weighted by Gasteiger charge is 2.21. The number of rotatable bonds is 5. The Hall–Kier alpha value is -1.61. The predicted molar refractivity (Wildman–Crippen MR) is 120 cm³/mol. The Morgan fingerprint density at radius 2 is 1.96 bits per heavy atom. The summed E-state index contributed by atoms with van der Waals surface area (Å²) in [6.07, 6.45) is 3.98. The van der Waals surface area contributed by atoms with Crippen LogP contribution in [0.3, 0.4) is 0 Å². The number of aliphatic imine (C=N–C) groups is 1. The molecule has 7 heteroatoms. The first-order valence-electron chi connectivity index (χ1n) is 9.36. The molecule has 1 aliphatic rings. The third-order valence-electron chi connectivity index (χ3n) is 4.83. The molecule has 148 valence electrons. The topological polar surface area (TPSA) is 65.7 Å². The van der Waals surface area contributed by atoms with Crippen molar-refractivity contribution < 1.29 is 4.42 Å². The number of hydrogen-bond donors (Lipinski definition) is 2. The molecule has 3 rings (SSSR count). The zero-order valence-corrected chi connectivity index (χ0v) is 18.6. The maximum absolute atomic E-state index is 5.58. The highest BCUT2D eigenvalue weighted by molar-refractivity contribution is 14.0. The van der Waals surface area contributed by atoms with Gasteiger partial charge in [0.2, 0.25) is 5.89 Å². The van der Waals surface area contributed by atoms with Crippen molar-refractivity contribution >= 4 is 29.9 Å². The molecule has 2 heterocycles. The Labute approximate surface area is 178 Å². The molecule has 1 fully saturated rings. The van der Waals surface area contributed by atoms with Crippen molar-refractivity contribution in [3.05, 3.63) is 42.3 Å². The van der Waals surface area contributed by atoms with Gasteiger partial charge in [0.25, 0.3) is 0 Å². The molecule has 0 atom stereocenters. The van der Waals surface area contributed by atoms with Crippen LogP contribution in [0.5, 0.6) is 0 Å². The maximum Gasteiger partial charge on any atom is 0.226 e. The van der Waals surface area contributed by atoms with Gasteiger partial charge in [-0.15, -0.1) is 24.0 Å². The first kappa shape index (κ1) is 21.7. The zero-order chi connectivity index (χ0) is 18.4. The van der Waals surface area contributed by atoms with Gasteiger partial charge in [-0.1, -0.05) is 18.2 Å². The van der Waals surface area contributed by atoms with Crippen molar-refractivity contribution in [2.24, 2.45) is 4.99 Å². The van der Waals surface area contributed by atoms with Crippen molar-refractivity contribution in [3.8, 4) is 11.5 Å². The lowest BCUT2D eigenvalue weighted by Crippen LogP contribution is -2.49. The Morgan fingerprint density at radius 1 is 1.26 bits per heavy atom. The van der Waals surface area contributed by atoms with Crippen LogP contribution in [-0.2, 0) is 6.54 Å². The van der Waals surface area contributed by atoms with Crippen LogP contribution < -0.4 is 10.6 Å². The number of oxazole rings is 1. The number of hydrogen-bond acceptors (Lipinski definition) is 4. The molecule has 0 amide bonds. The first-order valence-corrected chi connectivity index (χ1v) is 9.36. The Kier molecular flexibility index (Phi) is 8.56. The second-order valence-corrected chi connectivity index (χ2v) is 6.98. The number of nitrogens with zero attached hydrogens (tertiary/aromatic N) is 3. The predicted octanol–water partition coefficient (Wildman–Crippen LogP) is 3.50. The monoisotopic (exact) mass is 483 g/mol. The van der Waals surface area contributed by atoms with E-state index in [1.54, 1.807) is 13.3 Å². The molecule has 0 radical (unpaired) electrons. The highest BCUT2D eigenvalue weighted by Crippen LogP contribution is 2.17. The van der Waals surface area contributed by atoms with Gasteiger partial charge in [0.15, 0.2) is 5.96 Å². The van der Waals surface area contributed by atoms with E-state index in [4.69, 9.17) is 4.42 Å². The summed E-state index contributed by atoms with van der Waals surface area (Å²) < 4.78 is 5.58. The number of nitrogens with one attached hydrogen (secondary N) is 2. The van der Waals surface area contributed by atoms with Gasteiger partial charge in [0.05, 0.1) is 12.2 Å². The standard InChI is InChI=1S/C20H29N5O.HI/c1-15(2)25-11-9-17(10-12-25)24-20(21-3)22-13-18-14-26-19(23-18)16-7-5-4-6-8-16;/h4-8,14-15,17H,9-13H2,1-3H3,(H2,21,22,24);1H. The second-order valence-electron chi connectivity index (χ2n) is 6.98. The third kappa shape index (κ3) is 6.21. The smallest absolute Gasteiger partial charge is 0.226 e. The van der Waals surface area contributed by atoms with Crippen molar-refractivity contribution in [1.82, 2.24) is 20.5 Å². The lowest BCUT2D eigenvalue weighted by Gasteiger charge is -2.35. The van der Waals surface area contributed by atoms with E-state index in [0.29, 0.717) is 24.5 Å². The van der Waals surface area contributed by atoms with Crippen LogP contribution >= 0.6 is 24.0 Å². The van der Waals surface area contributed by atoms with E-state index in [0.717, 1.165) is 43.1 Å². The fraction of sp³-hybridized carbons (Fsp3) is 0.500. The first-order chi connectivity index (χ1) is 12.7. The summed E-state index contributed by atoms with van der Waals surface area (Å²) in [5, 5.41) is 6.86. The summed E-state index contributed by atoms with van der Waals surface area (Å²) in [5.74, 6) is 1.46. The number of guanidine groups is 1. The minimum Gasteiger partial charge on any atom is -0.444 e. The lowest BCUT2D eigenvalue weighted by atomic mass is 10.0. The molecule has 0 spiro atoms. The average molecular weight is 483 g/mol. The molecular weight excluding hydrogens is 453 g/mol.